The lowest BCUT2D eigenvalue weighted by Crippen LogP contribution is -2.42. The molecule has 1 N–H and O–H groups in total. The van der Waals surface area contributed by atoms with Crippen LogP contribution in [-0.2, 0) is 21.4 Å². The van der Waals surface area contributed by atoms with Gasteiger partial charge in [-0.1, -0.05) is 31.4 Å². The van der Waals surface area contributed by atoms with Crippen LogP contribution in [0.2, 0.25) is 0 Å². The summed E-state index contributed by atoms with van der Waals surface area (Å²) in [6, 6.07) is 10.8. The lowest BCUT2D eigenvalue weighted by molar-refractivity contribution is -0.128. The maximum Gasteiger partial charge on any atom is 0.244 e. The van der Waals surface area contributed by atoms with E-state index in [1.165, 1.54) is 10.5 Å². The first kappa shape index (κ1) is 21.8. The highest BCUT2D eigenvalue weighted by atomic mass is 32.2. The normalized spacial score (nSPS) is 21.1. The minimum atomic E-state index is -3.68. The van der Waals surface area contributed by atoms with E-state index in [4.69, 9.17) is 4.74 Å². The van der Waals surface area contributed by atoms with Crippen LogP contribution >= 0.6 is 0 Å². The third kappa shape index (κ3) is 4.45. The van der Waals surface area contributed by atoms with Crippen LogP contribution in [0, 0.1) is 11.3 Å². The molecule has 2 aliphatic rings. The van der Waals surface area contributed by atoms with Crippen molar-refractivity contribution in [2.24, 2.45) is 11.3 Å². The van der Waals surface area contributed by atoms with E-state index in [9.17, 15) is 13.2 Å². The topological polar surface area (TPSA) is 88.6 Å². The number of aromatic nitrogens is 1. The zero-order chi connectivity index (χ0) is 21.9. The Morgan fingerprint density at radius 1 is 1.23 bits per heavy atom. The van der Waals surface area contributed by atoms with Crippen molar-refractivity contribution < 1.29 is 17.9 Å². The van der Waals surface area contributed by atoms with Gasteiger partial charge in [-0.2, -0.15) is 4.31 Å². The number of carbonyl (C=O) groups is 1. The highest BCUT2D eigenvalue weighted by molar-refractivity contribution is 7.89. The van der Waals surface area contributed by atoms with E-state index < -0.39 is 10.0 Å². The number of nitrogens with zero attached hydrogens (tertiary/aromatic N) is 2. The third-order valence-electron chi connectivity index (χ3n) is 6.66. The van der Waals surface area contributed by atoms with Crippen molar-refractivity contribution in [1.82, 2.24) is 14.6 Å². The molecule has 1 saturated carbocycles. The van der Waals surface area contributed by atoms with Gasteiger partial charge in [0.1, 0.15) is 10.6 Å². The summed E-state index contributed by atoms with van der Waals surface area (Å²) >= 11 is 0. The first-order valence-corrected chi connectivity index (χ1v) is 12.2. The highest BCUT2D eigenvalue weighted by Crippen LogP contribution is 2.48. The van der Waals surface area contributed by atoms with E-state index >= 15 is 0 Å². The van der Waals surface area contributed by atoms with Crippen LogP contribution < -0.4 is 10.1 Å². The molecule has 1 aromatic heterocycles. The summed E-state index contributed by atoms with van der Waals surface area (Å²) in [6.07, 6.45) is 7.88. The maximum atomic E-state index is 13.3. The predicted octanol–water partition coefficient (Wildman–Crippen LogP) is 2.98. The molecule has 1 amide bonds. The summed E-state index contributed by atoms with van der Waals surface area (Å²) in [5.41, 5.74) is 0.648. The minimum Gasteiger partial charge on any atom is -0.497 e. The molecular weight excluding hydrogens is 414 g/mol. The second kappa shape index (κ2) is 8.96. The summed E-state index contributed by atoms with van der Waals surface area (Å²) in [4.78, 5) is 17.4. The molecule has 4 rings (SSSR count). The number of amides is 1. The first-order valence-electron chi connectivity index (χ1n) is 10.8. The summed E-state index contributed by atoms with van der Waals surface area (Å²) < 4.78 is 33.2. The molecule has 1 atom stereocenters. The fraction of sp³-hybridized carbons (Fsp3) is 0.478. The van der Waals surface area contributed by atoms with Gasteiger partial charge in [0.05, 0.1) is 13.0 Å². The van der Waals surface area contributed by atoms with Crippen molar-refractivity contribution in [3.05, 3.63) is 54.4 Å². The van der Waals surface area contributed by atoms with Crippen LogP contribution in [0.3, 0.4) is 0 Å². The highest BCUT2D eigenvalue weighted by Gasteiger charge is 2.53. The lowest BCUT2D eigenvalue weighted by Gasteiger charge is -2.37. The number of carbonyl (C=O) groups excluding carboxylic acids is 1. The molecule has 1 spiro atoms. The van der Waals surface area contributed by atoms with E-state index in [-0.39, 0.29) is 28.7 Å². The van der Waals surface area contributed by atoms with Crippen LogP contribution in [0.25, 0.3) is 0 Å². The Morgan fingerprint density at radius 2 is 2.03 bits per heavy atom. The van der Waals surface area contributed by atoms with E-state index in [2.05, 4.69) is 10.3 Å². The zero-order valence-electron chi connectivity index (χ0n) is 17.8. The van der Waals surface area contributed by atoms with E-state index in [0.717, 1.165) is 43.4 Å². The van der Waals surface area contributed by atoms with E-state index in [1.807, 2.05) is 24.3 Å². The number of methoxy groups -OCH3 is 1. The third-order valence-corrected chi connectivity index (χ3v) is 8.45. The Kier molecular flexibility index (Phi) is 6.29. The minimum absolute atomic E-state index is 0.0754. The molecule has 2 fully saturated rings. The van der Waals surface area contributed by atoms with Gasteiger partial charge in [-0.3, -0.25) is 9.78 Å². The maximum absolute atomic E-state index is 13.3. The summed E-state index contributed by atoms with van der Waals surface area (Å²) in [7, 11) is -2.07. The Hall–Kier alpha value is -2.45. The number of hydrogen-bond donors (Lipinski definition) is 1. The van der Waals surface area contributed by atoms with Crippen molar-refractivity contribution in [3.8, 4) is 5.75 Å². The number of hydrogen-bond acceptors (Lipinski definition) is 5. The fourth-order valence-corrected chi connectivity index (χ4v) is 6.49. The van der Waals surface area contributed by atoms with Crippen LogP contribution in [-0.4, -0.2) is 43.8 Å². The smallest absolute Gasteiger partial charge is 0.244 e. The van der Waals surface area contributed by atoms with Crippen molar-refractivity contribution in [2.45, 2.75) is 43.5 Å². The van der Waals surface area contributed by atoms with Crippen molar-refractivity contribution in [2.75, 3.05) is 20.2 Å². The van der Waals surface area contributed by atoms with Crippen LogP contribution in [0.4, 0.5) is 0 Å². The second-order valence-corrected chi connectivity index (χ2v) is 10.5. The Bertz CT molecular complexity index is 1020. The van der Waals surface area contributed by atoms with E-state index in [1.54, 1.807) is 25.4 Å². The number of benzene rings is 1. The molecule has 7 nitrogen and oxygen atoms in total. The SMILES string of the molecule is COc1cccc(CNC(=O)[C@H]2CN(S(=O)(=O)c3cccnc3)CC23CCCCC3)c1. The first-order chi connectivity index (χ1) is 14.9. The van der Waals surface area contributed by atoms with Gasteiger partial charge in [-0.15, -0.1) is 0 Å². The molecule has 0 radical (unpaired) electrons. The molecule has 31 heavy (non-hydrogen) atoms. The van der Waals surface area contributed by atoms with Crippen molar-refractivity contribution in [3.63, 3.8) is 0 Å². The molecule has 2 aromatic rings. The molecular formula is C23H29N3O4S. The number of ether oxygens (including phenoxy) is 1. The molecule has 1 saturated heterocycles. The molecule has 0 unspecified atom stereocenters. The molecule has 1 aliphatic heterocycles. The largest absolute Gasteiger partial charge is 0.497 e. The quantitative estimate of drug-likeness (QED) is 0.742. The number of sulfonamides is 1. The van der Waals surface area contributed by atoms with Crippen molar-refractivity contribution in [1.29, 1.82) is 0 Å². The molecule has 1 aromatic carbocycles. The van der Waals surface area contributed by atoms with Crippen molar-refractivity contribution >= 4 is 15.9 Å². The van der Waals surface area contributed by atoms with Gasteiger partial charge in [0.15, 0.2) is 0 Å². The van der Waals surface area contributed by atoms with Gasteiger partial charge in [-0.05, 0) is 48.1 Å². The van der Waals surface area contributed by atoms with Gasteiger partial charge < -0.3 is 10.1 Å². The summed E-state index contributed by atoms with van der Waals surface area (Å²) in [6.45, 7) is 0.987. The van der Waals surface area contributed by atoms with Gasteiger partial charge in [-0.25, -0.2) is 8.42 Å². The average molecular weight is 444 g/mol. The zero-order valence-corrected chi connectivity index (χ0v) is 18.6. The Morgan fingerprint density at radius 3 is 2.74 bits per heavy atom. The van der Waals surface area contributed by atoms with Gasteiger partial charge in [0.25, 0.3) is 0 Å². The predicted molar refractivity (Wildman–Crippen MR) is 117 cm³/mol. The molecule has 166 valence electrons. The summed E-state index contributed by atoms with van der Waals surface area (Å²) in [5.74, 6) is 0.309. The van der Waals surface area contributed by atoms with Crippen LogP contribution in [0.5, 0.6) is 5.75 Å². The number of rotatable bonds is 6. The van der Waals surface area contributed by atoms with Gasteiger partial charge >= 0.3 is 0 Å². The number of pyridine rings is 1. The number of nitrogens with one attached hydrogen (secondary N) is 1. The van der Waals surface area contributed by atoms with Crippen LogP contribution in [0.1, 0.15) is 37.7 Å². The lowest BCUT2D eigenvalue weighted by atomic mass is 9.67. The average Bonchev–Trinajstić information content (AvgIpc) is 3.18. The summed E-state index contributed by atoms with van der Waals surface area (Å²) in [5, 5.41) is 3.05. The monoisotopic (exact) mass is 443 g/mol. The fourth-order valence-electron chi connectivity index (χ4n) is 4.97. The van der Waals surface area contributed by atoms with Gasteiger partial charge in [0, 0.05) is 32.0 Å². The molecule has 8 heteroatoms. The Labute approximate surface area is 183 Å². The van der Waals surface area contributed by atoms with Crippen LogP contribution in [0.15, 0.2) is 53.7 Å². The molecule has 1 aliphatic carbocycles. The second-order valence-electron chi connectivity index (χ2n) is 8.53. The standard InChI is InChI=1S/C23H29N3O4S/c1-30-19-8-5-7-18(13-19)14-25-22(27)21-16-26(17-23(21)10-3-2-4-11-23)31(28,29)20-9-6-12-24-15-20/h5-9,12-13,15,21H,2-4,10-11,14,16-17H2,1H3,(H,25,27)/t21-/m1/s1. The molecule has 0 bridgehead atoms. The molecule has 2 heterocycles. The van der Waals surface area contributed by atoms with Gasteiger partial charge in [0.2, 0.25) is 15.9 Å². The Balaban J connectivity index is 1.54. The van der Waals surface area contributed by atoms with E-state index in [0.29, 0.717) is 13.1 Å².